The highest BCUT2D eigenvalue weighted by Gasteiger charge is 1.96. The molecule has 0 aromatic heterocycles. The fourth-order valence-corrected chi connectivity index (χ4v) is 0.729. The van der Waals surface area contributed by atoms with Gasteiger partial charge in [0.25, 0.3) is 0 Å². The Hall–Kier alpha value is -0.880. The van der Waals surface area contributed by atoms with E-state index < -0.39 is 0 Å². The first-order valence-corrected chi connectivity index (χ1v) is 3.58. The fraction of sp³-hybridized carbons (Fsp3) is 0.500. The van der Waals surface area contributed by atoms with Gasteiger partial charge in [0.2, 0.25) is 0 Å². The summed E-state index contributed by atoms with van der Waals surface area (Å²) in [6.45, 7) is 5.57. The van der Waals surface area contributed by atoms with E-state index in [2.05, 4.69) is 31.6 Å². The summed E-state index contributed by atoms with van der Waals surface area (Å²) in [5.41, 5.74) is 0. The number of hydrogen-bond donors (Lipinski definition) is 0. The van der Waals surface area contributed by atoms with Crippen molar-refractivity contribution in [2.45, 2.75) is 26.2 Å². The quantitative estimate of drug-likeness (QED) is 0.518. The minimum Gasteiger partial charge on any atom is -0.119 e. The lowest BCUT2D eigenvalue weighted by atomic mass is 10.0. The molecule has 1 atom stereocenters. The van der Waals surface area contributed by atoms with Crippen LogP contribution in [0.2, 0.25) is 0 Å². The molecule has 0 spiro atoms. The van der Waals surface area contributed by atoms with Gasteiger partial charge in [0.05, 0.1) is 5.92 Å². The van der Waals surface area contributed by atoms with Crippen molar-refractivity contribution in [2.75, 3.05) is 0 Å². The van der Waals surface area contributed by atoms with Crippen LogP contribution in [0, 0.1) is 37.0 Å². The Bertz CT molecular complexity index is 161. The predicted octanol–water partition coefficient (Wildman–Crippen LogP) is 2.26. The summed E-state index contributed by atoms with van der Waals surface area (Å²) < 4.78 is 0. The molecule has 0 N–H and O–H groups in total. The van der Waals surface area contributed by atoms with Crippen molar-refractivity contribution in [3.63, 3.8) is 0 Å². The molecule has 0 saturated carbocycles. The number of hydrogen-bond acceptors (Lipinski definition) is 0. The molecule has 1 unspecified atom stereocenters. The molecule has 0 heteroatoms. The highest BCUT2D eigenvalue weighted by atomic mass is 14.0. The molecule has 0 aliphatic rings. The molecule has 0 rings (SSSR count). The van der Waals surface area contributed by atoms with Crippen molar-refractivity contribution in [2.24, 2.45) is 5.92 Å². The third-order valence-electron chi connectivity index (χ3n) is 1.32. The van der Waals surface area contributed by atoms with Crippen LogP contribution in [-0.4, -0.2) is 0 Å². The van der Waals surface area contributed by atoms with Crippen LogP contribution in [-0.2, 0) is 0 Å². The Labute approximate surface area is 64.0 Å². The topological polar surface area (TPSA) is 0 Å². The zero-order valence-corrected chi connectivity index (χ0v) is 6.48. The predicted molar refractivity (Wildman–Crippen MR) is 45.0 cm³/mol. The summed E-state index contributed by atoms with van der Waals surface area (Å²) in [6.07, 6.45) is 8.56. The third kappa shape index (κ3) is 4.04. The van der Waals surface area contributed by atoms with Crippen LogP contribution in [0.5, 0.6) is 0 Å². The summed E-state index contributed by atoms with van der Waals surface area (Å²) >= 11 is 0. The van der Waals surface area contributed by atoms with E-state index in [9.17, 15) is 0 Å². The number of rotatable bonds is 3. The van der Waals surface area contributed by atoms with E-state index in [1.165, 1.54) is 6.42 Å². The lowest BCUT2D eigenvalue weighted by Gasteiger charge is -1.98. The van der Waals surface area contributed by atoms with E-state index in [0.717, 1.165) is 12.8 Å². The van der Waals surface area contributed by atoms with Crippen molar-refractivity contribution >= 4 is 0 Å². The summed E-state index contributed by atoms with van der Waals surface area (Å²) in [6, 6.07) is 0. The van der Waals surface area contributed by atoms with E-state index >= 15 is 0 Å². The van der Waals surface area contributed by atoms with Gasteiger partial charge in [-0.05, 0) is 6.42 Å². The molecular weight excluding hydrogens is 120 g/mol. The average Bonchev–Trinajstić information content (AvgIpc) is 1.98. The van der Waals surface area contributed by atoms with Crippen molar-refractivity contribution in [1.82, 2.24) is 0 Å². The number of terminal acetylenes is 1. The van der Waals surface area contributed by atoms with Crippen LogP contribution < -0.4 is 0 Å². The summed E-state index contributed by atoms with van der Waals surface area (Å²) in [5.74, 6) is 8.20. The zero-order valence-electron chi connectivity index (χ0n) is 6.48. The molecule has 0 aliphatic heterocycles. The molecule has 0 fully saturated rings. The maximum atomic E-state index is 5.22. The molecule has 53 valence electrons. The molecule has 0 heterocycles. The lowest BCUT2D eigenvalue weighted by molar-refractivity contribution is 0.669. The van der Waals surface area contributed by atoms with Crippen LogP contribution in [0.25, 0.3) is 0 Å². The molecule has 0 aromatic carbocycles. The monoisotopic (exact) mass is 133 g/mol. The van der Waals surface area contributed by atoms with Crippen molar-refractivity contribution in [3.8, 4) is 24.2 Å². The van der Waals surface area contributed by atoms with E-state index in [1.54, 1.807) is 0 Å². The van der Waals surface area contributed by atoms with E-state index in [4.69, 9.17) is 6.42 Å². The SMILES string of the molecule is C#CC(C#C[CH2])CCCC. The molecule has 0 aromatic rings. The maximum Gasteiger partial charge on any atom is 0.0808 e. The zero-order chi connectivity index (χ0) is 7.82. The maximum absolute atomic E-state index is 5.22. The smallest absolute Gasteiger partial charge is 0.0808 e. The van der Waals surface area contributed by atoms with Gasteiger partial charge in [0.1, 0.15) is 0 Å². The summed E-state index contributed by atoms with van der Waals surface area (Å²) in [7, 11) is 0. The van der Waals surface area contributed by atoms with Gasteiger partial charge in [0, 0.05) is 6.92 Å². The highest BCUT2D eigenvalue weighted by Crippen LogP contribution is 2.05. The molecule has 1 radical (unpaired) electrons. The first-order valence-electron chi connectivity index (χ1n) is 3.58. The second-order valence-corrected chi connectivity index (χ2v) is 2.18. The Morgan fingerprint density at radius 3 is 2.70 bits per heavy atom. The molecule has 0 amide bonds. The van der Waals surface area contributed by atoms with Crippen molar-refractivity contribution < 1.29 is 0 Å². The van der Waals surface area contributed by atoms with E-state index in [-0.39, 0.29) is 5.92 Å². The molecule has 0 nitrogen and oxygen atoms in total. The standard InChI is InChI=1S/C10H13/c1-4-7-9-10(6-3)8-5-2/h3,10H,2,4,7,9H2,1H3. The Balaban J connectivity index is 3.60. The van der Waals surface area contributed by atoms with Crippen molar-refractivity contribution in [3.05, 3.63) is 6.92 Å². The van der Waals surface area contributed by atoms with Gasteiger partial charge in [-0.25, -0.2) is 0 Å². The molecule has 0 saturated heterocycles. The summed E-state index contributed by atoms with van der Waals surface area (Å²) in [5, 5.41) is 0. The molecular formula is C10H13. The Morgan fingerprint density at radius 2 is 2.30 bits per heavy atom. The van der Waals surface area contributed by atoms with Crippen molar-refractivity contribution in [1.29, 1.82) is 0 Å². The molecule has 0 aliphatic carbocycles. The van der Waals surface area contributed by atoms with Gasteiger partial charge in [-0.2, -0.15) is 0 Å². The van der Waals surface area contributed by atoms with Crippen LogP contribution in [0.15, 0.2) is 0 Å². The van der Waals surface area contributed by atoms with Gasteiger partial charge < -0.3 is 0 Å². The second-order valence-electron chi connectivity index (χ2n) is 2.18. The van der Waals surface area contributed by atoms with Crippen LogP contribution in [0.4, 0.5) is 0 Å². The minimum absolute atomic E-state index is 0.123. The second kappa shape index (κ2) is 6.24. The first-order chi connectivity index (χ1) is 4.85. The Morgan fingerprint density at radius 1 is 1.60 bits per heavy atom. The normalized spacial score (nSPS) is 10.9. The first kappa shape index (κ1) is 9.12. The highest BCUT2D eigenvalue weighted by molar-refractivity contribution is 5.15. The Kier molecular flexibility index (Phi) is 5.69. The van der Waals surface area contributed by atoms with E-state index in [0.29, 0.717) is 0 Å². The van der Waals surface area contributed by atoms with Gasteiger partial charge >= 0.3 is 0 Å². The molecule has 10 heavy (non-hydrogen) atoms. The van der Waals surface area contributed by atoms with Gasteiger partial charge in [-0.3, -0.25) is 0 Å². The van der Waals surface area contributed by atoms with E-state index in [1.807, 2.05) is 0 Å². The van der Waals surface area contributed by atoms with Gasteiger partial charge in [-0.15, -0.1) is 12.3 Å². The largest absolute Gasteiger partial charge is 0.119 e. The van der Waals surface area contributed by atoms with Crippen LogP contribution in [0.3, 0.4) is 0 Å². The third-order valence-corrected chi connectivity index (χ3v) is 1.32. The van der Waals surface area contributed by atoms with Gasteiger partial charge in [-0.1, -0.05) is 31.6 Å². The average molecular weight is 133 g/mol. The lowest BCUT2D eigenvalue weighted by Crippen LogP contribution is -1.91. The minimum atomic E-state index is 0.123. The fourth-order valence-electron chi connectivity index (χ4n) is 0.729. The van der Waals surface area contributed by atoms with Crippen LogP contribution in [0.1, 0.15) is 26.2 Å². The summed E-state index contributed by atoms with van der Waals surface area (Å²) in [4.78, 5) is 0. The van der Waals surface area contributed by atoms with Gasteiger partial charge in [0.15, 0.2) is 0 Å². The number of unbranched alkanes of at least 4 members (excludes halogenated alkanes) is 1. The van der Waals surface area contributed by atoms with Crippen LogP contribution >= 0.6 is 0 Å². The molecule has 0 bridgehead atoms.